The van der Waals surface area contributed by atoms with Crippen molar-refractivity contribution >= 4 is 21.8 Å². The third-order valence-electron chi connectivity index (χ3n) is 10.1. The van der Waals surface area contributed by atoms with E-state index < -0.39 is 16.1 Å². The average molecular weight is 653 g/mol. The maximum Gasteiger partial charge on any atom is 0.304 e. The second-order valence-electron chi connectivity index (χ2n) is 12.8. The summed E-state index contributed by atoms with van der Waals surface area (Å²) in [7, 11) is -4.11. The van der Waals surface area contributed by atoms with Gasteiger partial charge in [0.1, 0.15) is 11.5 Å². The first-order valence-corrected chi connectivity index (χ1v) is 17.8. The van der Waals surface area contributed by atoms with Gasteiger partial charge in [0.2, 0.25) is 0 Å². The summed E-state index contributed by atoms with van der Waals surface area (Å²) in [6.07, 6.45) is 9.49. The Bertz CT molecular complexity index is 1560. The summed E-state index contributed by atoms with van der Waals surface area (Å²) in [6, 6.07) is 8.85. The Morgan fingerprint density at radius 3 is 2.30 bits per heavy atom. The van der Waals surface area contributed by atoms with Crippen molar-refractivity contribution < 1.29 is 22.3 Å². The van der Waals surface area contributed by atoms with Crippen molar-refractivity contribution in [2.24, 2.45) is 11.8 Å². The second-order valence-corrected chi connectivity index (χ2v) is 14.5. The molecule has 0 bridgehead atoms. The molecule has 46 heavy (non-hydrogen) atoms. The van der Waals surface area contributed by atoms with E-state index in [9.17, 15) is 22.9 Å². The van der Waals surface area contributed by atoms with E-state index in [0.29, 0.717) is 36.2 Å². The molecule has 0 unspecified atom stereocenters. The summed E-state index contributed by atoms with van der Waals surface area (Å²) >= 11 is 0. The SMILES string of the molecule is N#CC1CCN(S(=O)(=O)NC(=O)C2=CN(N3CCC(N4CCOCC4)CC3)C3=C(C4CCC4)NN(c4ccc(F)cc4)C3=C2)CC1. The predicted molar refractivity (Wildman–Crippen MR) is 168 cm³/mol. The van der Waals surface area contributed by atoms with E-state index in [1.807, 2.05) is 5.01 Å². The number of rotatable bonds is 7. The van der Waals surface area contributed by atoms with Gasteiger partial charge in [0.15, 0.2) is 0 Å². The first kappa shape index (κ1) is 31.1. The zero-order valence-corrected chi connectivity index (χ0v) is 26.7. The van der Waals surface area contributed by atoms with Crippen LogP contribution in [0.1, 0.15) is 44.9 Å². The van der Waals surface area contributed by atoms with Crippen LogP contribution < -0.4 is 15.2 Å². The number of halogens is 1. The molecule has 3 saturated heterocycles. The molecule has 4 fully saturated rings. The van der Waals surface area contributed by atoms with Gasteiger partial charge in [-0.2, -0.15) is 18.0 Å². The standard InChI is InChI=1S/C32H41FN8O4S/c33-26-4-6-28(7-5-26)41-29-20-25(32(42)36-46(43,44)39-14-8-23(21-34)9-15-39)22-40(31(29)30(35-41)24-2-1-3-24)38-12-10-27(11-13-38)37-16-18-45-19-17-37/h4-7,20,22-24,27,35H,1-3,8-19H2,(H,36,42). The molecule has 5 aliphatic heterocycles. The molecule has 1 saturated carbocycles. The molecule has 1 amide bonds. The van der Waals surface area contributed by atoms with E-state index >= 15 is 0 Å². The predicted octanol–water partition coefficient (Wildman–Crippen LogP) is 2.55. The van der Waals surface area contributed by atoms with Crippen molar-refractivity contribution in [2.45, 2.75) is 51.0 Å². The zero-order chi connectivity index (χ0) is 31.8. The van der Waals surface area contributed by atoms with Crippen LogP contribution in [0, 0.1) is 29.0 Å². The highest BCUT2D eigenvalue weighted by Crippen LogP contribution is 2.44. The Morgan fingerprint density at radius 2 is 1.67 bits per heavy atom. The van der Waals surface area contributed by atoms with Crippen LogP contribution in [-0.4, -0.2) is 92.1 Å². The Labute approximate surface area is 269 Å². The maximum absolute atomic E-state index is 13.9. The fourth-order valence-corrected chi connectivity index (χ4v) is 8.37. The van der Waals surface area contributed by atoms with Gasteiger partial charge in [0.05, 0.1) is 41.9 Å². The number of nitrogens with zero attached hydrogens (tertiary/aromatic N) is 6. The molecule has 246 valence electrons. The van der Waals surface area contributed by atoms with Gasteiger partial charge in [-0.1, -0.05) is 6.42 Å². The molecular weight excluding hydrogens is 611 g/mol. The molecule has 12 nitrogen and oxygen atoms in total. The van der Waals surface area contributed by atoms with Crippen molar-refractivity contribution in [1.29, 1.82) is 5.26 Å². The quantitative estimate of drug-likeness (QED) is 0.454. The van der Waals surface area contributed by atoms with Crippen LogP contribution in [0.4, 0.5) is 10.1 Å². The molecule has 0 atom stereocenters. The Hall–Kier alpha value is -3.48. The summed E-state index contributed by atoms with van der Waals surface area (Å²) in [5, 5.41) is 15.4. The topological polar surface area (TPSA) is 124 Å². The lowest BCUT2D eigenvalue weighted by Gasteiger charge is -2.45. The second kappa shape index (κ2) is 13.0. The number of piperidine rings is 2. The number of allylic oxidation sites excluding steroid dienone is 1. The Kier molecular flexibility index (Phi) is 8.77. The average Bonchev–Trinajstić information content (AvgIpc) is 3.43. The molecule has 1 aromatic carbocycles. The first-order chi connectivity index (χ1) is 22.3. The number of amides is 1. The van der Waals surface area contributed by atoms with Gasteiger partial charge in [-0.25, -0.2) is 14.1 Å². The lowest BCUT2D eigenvalue weighted by Crippen LogP contribution is -2.52. The van der Waals surface area contributed by atoms with Gasteiger partial charge < -0.3 is 4.74 Å². The van der Waals surface area contributed by atoms with Crippen LogP contribution >= 0.6 is 0 Å². The molecule has 14 heteroatoms. The van der Waals surface area contributed by atoms with Crippen LogP contribution in [-0.2, 0) is 19.7 Å². The number of benzene rings is 1. The van der Waals surface area contributed by atoms with Crippen LogP contribution in [0.3, 0.4) is 0 Å². The van der Waals surface area contributed by atoms with Gasteiger partial charge in [-0.3, -0.25) is 25.1 Å². The Morgan fingerprint density at radius 1 is 0.978 bits per heavy atom. The lowest BCUT2D eigenvalue weighted by molar-refractivity contribution is -0.115. The van der Waals surface area contributed by atoms with Crippen molar-refractivity contribution in [3.05, 3.63) is 65.0 Å². The van der Waals surface area contributed by atoms with E-state index in [0.717, 1.165) is 82.9 Å². The number of nitrogens with one attached hydrogen (secondary N) is 2. The number of carbonyl (C=O) groups excluding carboxylic acids is 1. The fraction of sp³-hybridized carbons (Fsp3) is 0.562. The molecule has 7 rings (SSSR count). The number of fused-ring (bicyclic) bond motifs is 1. The van der Waals surface area contributed by atoms with Crippen molar-refractivity contribution in [1.82, 2.24) is 29.4 Å². The number of hydrogen-bond donors (Lipinski definition) is 2. The minimum absolute atomic E-state index is 0.184. The number of nitriles is 1. The number of anilines is 1. The molecule has 5 heterocycles. The minimum atomic E-state index is -4.11. The van der Waals surface area contributed by atoms with E-state index in [1.54, 1.807) is 24.4 Å². The van der Waals surface area contributed by atoms with Gasteiger partial charge in [0.25, 0.3) is 5.91 Å². The molecular formula is C32H41FN8O4S. The molecule has 2 N–H and O–H groups in total. The number of carbonyl (C=O) groups is 1. The minimum Gasteiger partial charge on any atom is -0.379 e. The monoisotopic (exact) mass is 652 g/mol. The highest BCUT2D eigenvalue weighted by molar-refractivity contribution is 7.87. The van der Waals surface area contributed by atoms with E-state index in [4.69, 9.17) is 4.74 Å². The van der Waals surface area contributed by atoms with Crippen LogP contribution in [0.25, 0.3) is 0 Å². The van der Waals surface area contributed by atoms with Crippen LogP contribution in [0.2, 0.25) is 0 Å². The van der Waals surface area contributed by atoms with Crippen molar-refractivity contribution in [3.63, 3.8) is 0 Å². The molecule has 1 aliphatic carbocycles. The van der Waals surface area contributed by atoms with Crippen molar-refractivity contribution in [3.8, 4) is 6.07 Å². The molecule has 1 aromatic rings. The summed E-state index contributed by atoms with van der Waals surface area (Å²) in [4.78, 5) is 16.3. The van der Waals surface area contributed by atoms with Gasteiger partial charge in [-0.15, -0.1) is 0 Å². The summed E-state index contributed by atoms with van der Waals surface area (Å²) in [5.74, 6) is -0.936. The van der Waals surface area contributed by atoms with E-state index in [-0.39, 0.29) is 30.4 Å². The summed E-state index contributed by atoms with van der Waals surface area (Å²) in [6.45, 7) is 5.28. The van der Waals surface area contributed by atoms with E-state index in [1.165, 1.54) is 16.4 Å². The number of hydrazine groups is 2. The van der Waals surface area contributed by atoms with Gasteiger partial charge >= 0.3 is 10.2 Å². The lowest BCUT2D eigenvalue weighted by atomic mass is 9.82. The molecule has 0 radical (unpaired) electrons. The van der Waals surface area contributed by atoms with Gasteiger partial charge in [0, 0.05) is 63.3 Å². The fourth-order valence-electron chi connectivity index (χ4n) is 7.20. The molecule has 0 aromatic heterocycles. The van der Waals surface area contributed by atoms with Crippen LogP contribution in [0.15, 0.2) is 59.2 Å². The summed E-state index contributed by atoms with van der Waals surface area (Å²) in [5.41, 5.74) is 7.20. The van der Waals surface area contributed by atoms with Crippen molar-refractivity contribution in [2.75, 3.05) is 57.5 Å². The normalized spacial score (nSPS) is 24.5. The smallest absolute Gasteiger partial charge is 0.304 e. The summed E-state index contributed by atoms with van der Waals surface area (Å²) < 4.78 is 49.6. The molecule has 0 spiro atoms. The Balaban J connectivity index is 1.19. The van der Waals surface area contributed by atoms with Crippen LogP contribution in [0.5, 0.6) is 0 Å². The third kappa shape index (κ3) is 6.14. The number of hydrogen-bond acceptors (Lipinski definition) is 10. The first-order valence-electron chi connectivity index (χ1n) is 16.4. The number of morpholine rings is 1. The van der Waals surface area contributed by atoms with E-state index in [2.05, 4.69) is 31.1 Å². The van der Waals surface area contributed by atoms with Gasteiger partial charge in [-0.05, 0) is 68.9 Å². The third-order valence-corrected chi connectivity index (χ3v) is 11.6. The zero-order valence-electron chi connectivity index (χ0n) is 25.9. The highest BCUT2D eigenvalue weighted by Gasteiger charge is 2.42. The molecule has 6 aliphatic rings. The highest BCUT2D eigenvalue weighted by atomic mass is 32.2. The largest absolute Gasteiger partial charge is 0.379 e. The number of ether oxygens (including phenoxy) is 1. The maximum atomic E-state index is 13.9.